The number of amides is 2. The van der Waals surface area contributed by atoms with Crippen molar-refractivity contribution in [3.05, 3.63) is 96.1 Å². The van der Waals surface area contributed by atoms with E-state index in [0.717, 1.165) is 22.7 Å². The number of benzene rings is 2. The number of carbonyl (C=O) groups excluding carboxylic acids is 1. The van der Waals surface area contributed by atoms with Gasteiger partial charge in [-0.05, 0) is 52.4 Å². The minimum absolute atomic E-state index is 0.261. The van der Waals surface area contributed by atoms with Crippen molar-refractivity contribution in [2.75, 3.05) is 6.54 Å². The molecule has 0 aliphatic carbocycles. The van der Waals surface area contributed by atoms with Crippen molar-refractivity contribution in [2.24, 2.45) is 0 Å². The summed E-state index contributed by atoms with van der Waals surface area (Å²) < 4.78 is 7.44. The van der Waals surface area contributed by atoms with Gasteiger partial charge < -0.3 is 15.4 Å². The average Bonchev–Trinajstić information content (AvgIpc) is 3.31. The van der Waals surface area contributed by atoms with Crippen LogP contribution in [0.3, 0.4) is 0 Å². The molecule has 2 aromatic carbocycles. The van der Waals surface area contributed by atoms with E-state index in [1.54, 1.807) is 10.9 Å². The van der Waals surface area contributed by atoms with Gasteiger partial charge >= 0.3 is 6.03 Å². The predicted octanol–water partition coefficient (Wildman–Crippen LogP) is 2.68. The smallest absolute Gasteiger partial charge is 0.315 e. The van der Waals surface area contributed by atoms with E-state index in [1.807, 2.05) is 72.8 Å². The first-order chi connectivity index (χ1) is 15.8. The molecule has 32 heavy (non-hydrogen) atoms. The third-order valence-corrected chi connectivity index (χ3v) is 4.63. The molecular weight excluding hydrogens is 406 g/mol. The summed E-state index contributed by atoms with van der Waals surface area (Å²) in [5, 5.41) is 17.5. The quantitative estimate of drug-likeness (QED) is 0.424. The lowest BCUT2D eigenvalue weighted by Crippen LogP contribution is -2.36. The van der Waals surface area contributed by atoms with E-state index in [0.29, 0.717) is 31.9 Å². The van der Waals surface area contributed by atoms with Gasteiger partial charge in [0.15, 0.2) is 5.82 Å². The number of urea groups is 1. The van der Waals surface area contributed by atoms with E-state index in [2.05, 4.69) is 31.1 Å². The zero-order valence-corrected chi connectivity index (χ0v) is 17.4. The molecule has 0 spiro atoms. The van der Waals surface area contributed by atoms with Crippen molar-refractivity contribution in [1.82, 2.24) is 35.8 Å². The van der Waals surface area contributed by atoms with Crippen LogP contribution in [0.2, 0.25) is 0 Å². The lowest BCUT2D eigenvalue weighted by molar-refractivity contribution is 0.240. The first-order valence-electron chi connectivity index (χ1n) is 10.2. The molecule has 0 saturated heterocycles. The number of nitrogens with one attached hydrogen (secondary N) is 2. The Hall–Kier alpha value is -4.27. The fourth-order valence-electron chi connectivity index (χ4n) is 3.05. The van der Waals surface area contributed by atoms with Gasteiger partial charge in [0.25, 0.3) is 0 Å². The summed E-state index contributed by atoms with van der Waals surface area (Å²) in [5.74, 6) is 1.40. The third-order valence-electron chi connectivity index (χ3n) is 4.63. The van der Waals surface area contributed by atoms with Gasteiger partial charge in [-0.3, -0.25) is 4.98 Å². The van der Waals surface area contributed by atoms with Crippen LogP contribution < -0.4 is 15.4 Å². The summed E-state index contributed by atoms with van der Waals surface area (Å²) in [6.07, 6.45) is 2.24. The molecule has 0 saturated carbocycles. The highest BCUT2D eigenvalue weighted by atomic mass is 16.5. The number of aromatic nitrogens is 5. The van der Waals surface area contributed by atoms with Crippen molar-refractivity contribution in [2.45, 2.75) is 19.6 Å². The number of rotatable bonds is 9. The standard InChI is InChI=1S/C23H23N7O2/c31-23(25-14-12-22-27-28-29-30(22)20-9-2-1-3-10-20)26-16-18-7-6-11-21(15-18)32-17-19-8-4-5-13-24-19/h1-11,13,15H,12,14,16-17H2,(H2,25,26,31). The monoisotopic (exact) mass is 429 g/mol. The van der Waals surface area contributed by atoms with Gasteiger partial charge in [0.1, 0.15) is 12.4 Å². The third kappa shape index (κ3) is 5.88. The molecule has 162 valence electrons. The minimum atomic E-state index is -0.261. The van der Waals surface area contributed by atoms with E-state index in [4.69, 9.17) is 4.74 Å². The Bertz CT molecular complexity index is 1130. The number of nitrogens with zero attached hydrogens (tertiary/aromatic N) is 5. The molecule has 4 aromatic rings. The maximum atomic E-state index is 12.2. The molecule has 9 nitrogen and oxygen atoms in total. The lowest BCUT2D eigenvalue weighted by atomic mass is 10.2. The first kappa shape index (κ1) is 21.0. The van der Waals surface area contributed by atoms with E-state index in [9.17, 15) is 4.79 Å². The molecule has 2 amide bonds. The van der Waals surface area contributed by atoms with E-state index < -0.39 is 0 Å². The summed E-state index contributed by atoms with van der Waals surface area (Å²) >= 11 is 0. The molecule has 4 rings (SSSR count). The number of para-hydroxylation sites is 1. The van der Waals surface area contributed by atoms with Crippen molar-refractivity contribution in [3.8, 4) is 11.4 Å². The lowest BCUT2D eigenvalue weighted by Gasteiger charge is -2.10. The highest BCUT2D eigenvalue weighted by Gasteiger charge is 2.09. The summed E-state index contributed by atoms with van der Waals surface area (Å²) in [6.45, 7) is 1.18. The van der Waals surface area contributed by atoms with Crippen LogP contribution in [-0.2, 0) is 19.6 Å². The second-order valence-corrected chi connectivity index (χ2v) is 6.96. The first-order valence-corrected chi connectivity index (χ1v) is 10.2. The largest absolute Gasteiger partial charge is 0.487 e. The highest BCUT2D eigenvalue weighted by molar-refractivity contribution is 5.73. The molecular formula is C23H23N7O2. The van der Waals surface area contributed by atoms with Crippen LogP contribution >= 0.6 is 0 Å². The molecule has 0 atom stereocenters. The molecule has 0 aliphatic rings. The van der Waals surface area contributed by atoms with Crippen LogP contribution in [-0.4, -0.2) is 37.8 Å². The van der Waals surface area contributed by atoms with Crippen LogP contribution in [0.5, 0.6) is 5.75 Å². The number of carbonyl (C=O) groups is 1. The number of pyridine rings is 1. The van der Waals surface area contributed by atoms with Crippen molar-refractivity contribution >= 4 is 6.03 Å². The summed E-state index contributed by atoms with van der Waals surface area (Å²) in [4.78, 5) is 16.4. The molecule has 2 heterocycles. The zero-order chi connectivity index (χ0) is 22.0. The van der Waals surface area contributed by atoms with Gasteiger partial charge in [-0.1, -0.05) is 36.4 Å². The fraction of sp³-hybridized carbons (Fsp3) is 0.174. The van der Waals surface area contributed by atoms with Gasteiger partial charge in [-0.25, -0.2) is 4.79 Å². The second-order valence-electron chi connectivity index (χ2n) is 6.96. The van der Waals surface area contributed by atoms with Gasteiger partial charge in [-0.2, -0.15) is 4.68 Å². The Morgan fingerprint density at radius 3 is 2.69 bits per heavy atom. The molecule has 2 N–H and O–H groups in total. The van der Waals surface area contributed by atoms with Gasteiger partial charge in [0.05, 0.1) is 11.4 Å². The summed E-state index contributed by atoms with van der Waals surface area (Å²) in [5.41, 5.74) is 2.67. The van der Waals surface area contributed by atoms with Crippen molar-refractivity contribution in [1.29, 1.82) is 0 Å². The van der Waals surface area contributed by atoms with Crippen LogP contribution in [0.25, 0.3) is 5.69 Å². The molecule has 0 unspecified atom stereocenters. The van der Waals surface area contributed by atoms with E-state index >= 15 is 0 Å². The Labute approximate surface area is 185 Å². The molecule has 9 heteroatoms. The minimum Gasteiger partial charge on any atom is -0.487 e. The predicted molar refractivity (Wildman–Crippen MR) is 118 cm³/mol. The highest BCUT2D eigenvalue weighted by Crippen LogP contribution is 2.14. The molecule has 0 bridgehead atoms. The molecule has 0 fully saturated rings. The Balaban J connectivity index is 1.22. The Morgan fingerprint density at radius 2 is 1.84 bits per heavy atom. The summed E-state index contributed by atoms with van der Waals surface area (Å²) in [7, 11) is 0. The number of tetrazole rings is 1. The van der Waals surface area contributed by atoms with Gasteiger partial charge in [-0.15, -0.1) is 5.10 Å². The fourth-order valence-corrected chi connectivity index (χ4v) is 3.05. The van der Waals surface area contributed by atoms with E-state index in [1.165, 1.54) is 0 Å². The molecule has 0 radical (unpaired) electrons. The Morgan fingerprint density at radius 1 is 0.969 bits per heavy atom. The maximum absolute atomic E-state index is 12.2. The Kier molecular flexibility index (Phi) is 6.99. The van der Waals surface area contributed by atoms with Crippen LogP contribution in [0.15, 0.2) is 79.0 Å². The van der Waals surface area contributed by atoms with Gasteiger partial charge in [0, 0.05) is 25.7 Å². The normalized spacial score (nSPS) is 10.5. The van der Waals surface area contributed by atoms with Crippen molar-refractivity contribution < 1.29 is 9.53 Å². The SMILES string of the molecule is O=C(NCCc1nnnn1-c1ccccc1)NCc1cccc(OCc2ccccn2)c1. The van der Waals surface area contributed by atoms with Crippen LogP contribution in [0.1, 0.15) is 17.1 Å². The average molecular weight is 429 g/mol. The maximum Gasteiger partial charge on any atom is 0.315 e. The van der Waals surface area contributed by atoms with Crippen LogP contribution in [0, 0.1) is 0 Å². The topological polar surface area (TPSA) is 107 Å². The van der Waals surface area contributed by atoms with Crippen LogP contribution in [0.4, 0.5) is 4.79 Å². The second kappa shape index (κ2) is 10.7. The van der Waals surface area contributed by atoms with Gasteiger partial charge in [0.2, 0.25) is 0 Å². The molecule has 0 aliphatic heterocycles. The number of hydrogen-bond acceptors (Lipinski definition) is 6. The van der Waals surface area contributed by atoms with Crippen molar-refractivity contribution in [3.63, 3.8) is 0 Å². The number of ether oxygens (including phenoxy) is 1. The molecule has 2 aromatic heterocycles. The summed E-state index contributed by atoms with van der Waals surface area (Å²) in [6, 6.07) is 22.7. The number of hydrogen-bond donors (Lipinski definition) is 2. The van der Waals surface area contributed by atoms with E-state index in [-0.39, 0.29) is 6.03 Å². The zero-order valence-electron chi connectivity index (χ0n) is 17.4.